The second kappa shape index (κ2) is 12.5. The van der Waals surface area contributed by atoms with Crippen LogP contribution < -0.4 is 21.3 Å². The SMILES string of the molecule is CN=C(NCC(=O)NC(C)(C)C)NCC1(NC(C)c2ccccc2)CCOCC1.I. The van der Waals surface area contributed by atoms with Gasteiger partial charge < -0.3 is 26.0 Å². The summed E-state index contributed by atoms with van der Waals surface area (Å²) in [5.74, 6) is 0.561. The average Bonchev–Trinajstić information content (AvgIpc) is 2.68. The van der Waals surface area contributed by atoms with Crippen LogP contribution in [0.4, 0.5) is 0 Å². The molecule has 1 heterocycles. The van der Waals surface area contributed by atoms with Gasteiger partial charge in [0.2, 0.25) is 5.91 Å². The van der Waals surface area contributed by atoms with Gasteiger partial charge >= 0.3 is 0 Å². The van der Waals surface area contributed by atoms with Crippen LogP contribution in [0.15, 0.2) is 35.3 Å². The Morgan fingerprint density at radius 1 is 1.17 bits per heavy atom. The van der Waals surface area contributed by atoms with Crippen LogP contribution in [0.1, 0.15) is 52.1 Å². The Morgan fingerprint density at radius 2 is 1.80 bits per heavy atom. The molecule has 0 bridgehead atoms. The topological polar surface area (TPSA) is 86.8 Å². The smallest absolute Gasteiger partial charge is 0.239 e. The summed E-state index contributed by atoms with van der Waals surface area (Å²) in [5.41, 5.74) is 0.915. The van der Waals surface area contributed by atoms with Gasteiger partial charge in [-0.25, -0.2) is 0 Å². The maximum Gasteiger partial charge on any atom is 0.239 e. The summed E-state index contributed by atoms with van der Waals surface area (Å²) in [6, 6.07) is 10.7. The summed E-state index contributed by atoms with van der Waals surface area (Å²) < 4.78 is 5.60. The Balaban J connectivity index is 0.00000450. The molecule has 4 N–H and O–H groups in total. The van der Waals surface area contributed by atoms with Crippen LogP contribution in [0.2, 0.25) is 0 Å². The minimum atomic E-state index is -0.251. The fourth-order valence-electron chi connectivity index (χ4n) is 3.52. The van der Waals surface area contributed by atoms with E-state index in [4.69, 9.17) is 4.74 Å². The van der Waals surface area contributed by atoms with Gasteiger partial charge in [0.05, 0.1) is 6.54 Å². The summed E-state index contributed by atoms with van der Waals surface area (Å²) in [5, 5.41) is 13.3. The predicted octanol–water partition coefficient (Wildman–Crippen LogP) is 2.58. The molecule has 1 aromatic rings. The first-order chi connectivity index (χ1) is 13.7. The van der Waals surface area contributed by atoms with Crippen molar-refractivity contribution in [2.75, 3.05) is 33.4 Å². The van der Waals surface area contributed by atoms with E-state index in [0.717, 1.165) is 26.1 Å². The van der Waals surface area contributed by atoms with E-state index in [2.05, 4.69) is 57.4 Å². The van der Waals surface area contributed by atoms with Gasteiger partial charge in [0.15, 0.2) is 5.96 Å². The van der Waals surface area contributed by atoms with Gasteiger partial charge in [0, 0.05) is 43.9 Å². The number of nitrogens with one attached hydrogen (secondary N) is 4. The first kappa shape index (κ1) is 26.6. The number of ether oxygens (including phenoxy) is 1. The number of carbonyl (C=O) groups excluding carboxylic acids is 1. The van der Waals surface area contributed by atoms with Crippen molar-refractivity contribution >= 4 is 35.8 Å². The summed E-state index contributed by atoms with van der Waals surface area (Å²) in [6.45, 7) is 10.4. The molecule has 0 spiro atoms. The van der Waals surface area contributed by atoms with Gasteiger partial charge in [-0.15, -0.1) is 24.0 Å². The molecule has 1 fully saturated rings. The Hall–Kier alpha value is -1.39. The Kier molecular flexibility index (Phi) is 11.1. The van der Waals surface area contributed by atoms with Crippen molar-refractivity contribution in [3.05, 3.63) is 35.9 Å². The number of halogens is 1. The summed E-state index contributed by atoms with van der Waals surface area (Å²) >= 11 is 0. The molecule has 1 atom stereocenters. The number of rotatable bonds is 7. The van der Waals surface area contributed by atoms with Crippen molar-refractivity contribution < 1.29 is 9.53 Å². The lowest BCUT2D eigenvalue weighted by Gasteiger charge is -2.41. The second-order valence-electron chi connectivity index (χ2n) is 8.75. The van der Waals surface area contributed by atoms with Gasteiger partial charge in [0.1, 0.15) is 0 Å². The average molecular weight is 531 g/mol. The van der Waals surface area contributed by atoms with E-state index in [9.17, 15) is 4.79 Å². The summed E-state index contributed by atoms with van der Waals surface area (Å²) in [6.07, 6.45) is 1.83. The van der Waals surface area contributed by atoms with Gasteiger partial charge in [-0.3, -0.25) is 9.79 Å². The third kappa shape index (κ3) is 9.18. The van der Waals surface area contributed by atoms with Crippen LogP contribution in [0.5, 0.6) is 0 Å². The number of guanidine groups is 1. The minimum Gasteiger partial charge on any atom is -0.381 e. The van der Waals surface area contributed by atoms with Crippen LogP contribution in [-0.4, -0.2) is 56.3 Å². The van der Waals surface area contributed by atoms with Gasteiger partial charge in [-0.05, 0) is 46.1 Å². The molecule has 0 saturated carbocycles. The highest BCUT2D eigenvalue weighted by Gasteiger charge is 2.34. The quantitative estimate of drug-likeness (QED) is 0.247. The van der Waals surface area contributed by atoms with Crippen molar-refractivity contribution in [3.63, 3.8) is 0 Å². The number of hydrogen-bond acceptors (Lipinski definition) is 4. The van der Waals surface area contributed by atoms with Gasteiger partial charge in [-0.2, -0.15) is 0 Å². The first-order valence-corrected chi connectivity index (χ1v) is 10.4. The monoisotopic (exact) mass is 531 g/mol. The lowest BCUT2D eigenvalue weighted by atomic mass is 9.88. The van der Waals surface area contributed by atoms with Crippen molar-refractivity contribution in [3.8, 4) is 0 Å². The van der Waals surface area contributed by atoms with Crippen LogP contribution in [-0.2, 0) is 9.53 Å². The van der Waals surface area contributed by atoms with E-state index in [-0.39, 0.29) is 53.5 Å². The second-order valence-corrected chi connectivity index (χ2v) is 8.75. The standard InChI is InChI=1S/C22H37N5O2.HI/c1-17(18-9-7-6-8-10-18)26-22(11-13-29-14-12-22)16-25-20(23-5)24-15-19(28)27-21(2,3)4;/h6-10,17,26H,11-16H2,1-5H3,(H,27,28)(H2,23,24,25);1H. The molecule has 170 valence electrons. The van der Waals surface area contributed by atoms with E-state index in [0.29, 0.717) is 12.5 Å². The van der Waals surface area contributed by atoms with Crippen LogP contribution in [0, 0.1) is 0 Å². The third-order valence-corrected chi connectivity index (χ3v) is 5.02. The molecular formula is C22H38IN5O2. The third-order valence-electron chi connectivity index (χ3n) is 5.02. The van der Waals surface area contributed by atoms with E-state index in [1.807, 2.05) is 26.8 Å². The number of hydrogen-bond donors (Lipinski definition) is 4. The molecule has 1 aromatic carbocycles. The number of amides is 1. The molecule has 1 amide bonds. The summed E-state index contributed by atoms with van der Waals surface area (Å²) in [4.78, 5) is 16.3. The van der Waals surface area contributed by atoms with Crippen molar-refractivity contribution in [2.45, 2.75) is 57.7 Å². The van der Waals surface area contributed by atoms with E-state index < -0.39 is 0 Å². The largest absolute Gasteiger partial charge is 0.381 e. The van der Waals surface area contributed by atoms with E-state index in [1.54, 1.807) is 7.05 Å². The lowest BCUT2D eigenvalue weighted by Crippen LogP contribution is -2.58. The fourth-order valence-corrected chi connectivity index (χ4v) is 3.52. The molecule has 0 radical (unpaired) electrons. The fraction of sp³-hybridized carbons (Fsp3) is 0.636. The Morgan fingerprint density at radius 3 is 2.37 bits per heavy atom. The number of benzene rings is 1. The molecule has 0 aliphatic carbocycles. The van der Waals surface area contributed by atoms with E-state index in [1.165, 1.54) is 5.56 Å². The zero-order chi connectivity index (χ0) is 21.3. The van der Waals surface area contributed by atoms with Gasteiger partial charge in [0.25, 0.3) is 0 Å². The Bertz CT molecular complexity index is 670. The molecular weight excluding hydrogens is 493 g/mol. The van der Waals surface area contributed by atoms with Crippen molar-refractivity contribution in [2.24, 2.45) is 4.99 Å². The van der Waals surface area contributed by atoms with Crippen LogP contribution >= 0.6 is 24.0 Å². The lowest BCUT2D eigenvalue weighted by molar-refractivity contribution is -0.121. The molecule has 30 heavy (non-hydrogen) atoms. The molecule has 8 heteroatoms. The maximum absolute atomic E-state index is 12.1. The number of nitrogens with zero attached hydrogens (tertiary/aromatic N) is 1. The first-order valence-electron chi connectivity index (χ1n) is 10.4. The number of aliphatic imine (C=N–C) groups is 1. The number of carbonyl (C=O) groups is 1. The zero-order valence-electron chi connectivity index (χ0n) is 18.9. The normalized spacial score (nSPS) is 17.4. The molecule has 7 nitrogen and oxygen atoms in total. The predicted molar refractivity (Wildman–Crippen MR) is 133 cm³/mol. The highest BCUT2D eigenvalue weighted by Crippen LogP contribution is 2.25. The highest BCUT2D eigenvalue weighted by atomic mass is 127. The molecule has 2 rings (SSSR count). The molecule has 1 aliphatic heterocycles. The molecule has 1 unspecified atom stereocenters. The van der Waals surface area contributed by atoms with Gasteiger partial charge in [-0.1, -0.05) is 30.3 Å². The zero-order valence-corrected chi connectivity index (χ0v) is 21.2. The van der Waals surface area contributed by atoms with Crippen LogP contribution in [0.3, 0.4) is 0 Å². The highest BCUT2D eigenvalue weighted by molar-refractivity contribution is 14.0. The molecule has 1 saturated heterocycles. The maximum atomic E-state index is 12.1. The minimum absolute atomic E-state index is 0. The van der Waals surface area contributed by atoms with E-state index >= 15 is 0 Å². The Labute approximate surface area is 198 Å². The summed E-state index contributed by atoms with van der Waals surface area (Å²) in [7, 11) is 1.72. The van der Waals surface area contributed by atoms with Crippen molar-refractivity contribution in [1.82, 2.24) is 21.3 Å². The van der Waals surface area contributed by atoms with Crippen LogP contribution in [0.25, 0.3) is 0 Å². The molecule has 1 aliphatic rings. The van der Waals surface area contributed by atoms with Crippen molar-refractivity contribution in [1.29, 1.82) is 0 Å². The molecule has 0 aromatic heterocycles.